The van der Waals surface area contributed by atoms with Gasteiger partial charge in [-0.05, 0) is 56.5 Å². The quantitative estimate of drug-likeness (QED) is 0.390. The number of oxime groups is 1. The first-order valence-corrected chi connectivity index (χ1v) is 9.62. The largest absolute Gasteiger partial charge is 0.482 e. The lowest BCUT2D eigenvalue weighted by Crippen LogP contribution is -2.09. The molecule has 0 unspecified atom stereocenters. The van der Waals surface area contributed by atoms with Crippen LogP contribution in [0.3, 0.4) is 0 Å². The Hall–Kier alpha value is -3.61. The minimum absolute atomic E-state index is 0.243. The van der Waals surface area contributed by atoms with Gasteiger partial charge in [0.15, 0.2) is 13.2 Å². The molecule has 1 heterocycles. The molecular formula is C23H24N2O5. The Morgan fingerprint density at radius 1 is 1.13 bits per heavy atom. The second-order valence-electron chi connectivity index (χ2n) is 6.81. The summed E-state index contributed by atoms with van der Waals surface area (Å²) in [5, 5.41) is 12.6. The molecule has 3 aromatic rings. The normalized spacial score (nSPS) is 11.0. The third-order valence-electron chi connectivity index (χ3n) is 4.39. The molecule has 7 nitrogen and oxygen atoms in total. The maximum Gasteiger partial charge on any atom is 0.341 e. The summed E-state index contributed by atoms with van der Waals surface area (Å²) in [4.78, 5) is 20.3. The van der Waals surface area contributed by atoms with Crippen molar-refractivity contribution in [1.29, 1.82) is 0 Å². The fraction of sp³-hybridized carbons (Fsp3) is 0.261. The summed E-state index contributed by atoms with van der Waals surface area (Å²) in [5.41, 5.74) is 3.93. The highest BCUT2D eigenvalue weighted by Crippen LogP contribution is 2.22. The number of rotatable bonds is 10. The van der Waals surface area contributed by atoms with Gasteiger partial charge >= 0.3 is 5.97 Å². The lowest BCUT2D eigenvalue weighted by Gasteiger charge is -2.04. The molecule has 1 N–H and O–H groups in total. The summed E-state index contributed by atoms with van der Waals surface area (Å²) >= 11 is 0. The SMILES string of the molecule is Cc1ccc(-c2nc(CON=CCCc3ccc(OCC(=O)O)cc3)c(C)o2)cc1. The van der Waals surface area contributed by atoms with Crippen LogP contribution < -0.4 is 4.74 Å². The van der Waals surface area contributed by atoms with E-state index in [0.717, 1.165) is 23.2 Å². The van der Waals surface area contributed by atoms with Gasteiger partial charge in [-0.2, -0.15) is 0 Å². The molecule has 2 aromatic carbocycles. The van der Waals surface area contributed by atoms with Crippen molar-refractivity contribution in [3.8, 4) is 17.2 Å². The van der Waals surface area contributed by atoms with E-state index >= 15 is 0 Å². The first kappa shape index (κ1) is 21.1. The van der Waals surface area contributed by atoms with Crippen LogP contribution in [-0.2, 0) is 22.7 Å². The number of carboxylic acid groups (broad SMARTS) is 1. The van der Waals surface area contributed by atoms with Crippen LogP contribution in [0.25, 0.3) is 11.5 Å². The average Bonchev–Trinajstić information content (AvgIpc) is 3.11. The molecule has 156 valence electrons. The molecule has 1 aromatic heterocycles. The van der Waals surface area contributed by atoms with Crippen molar-refractivity contribution in [3.63, 3.8) is 0 Å². The summed E-state index contributed by atoms with van der Waals surface area (Å²) in [6.45, 7) is 3.79. The Morgan fingerprint density at radius 2 is 1.87 bits per heavy atom. The lowest BCUT2D eigenvalue weighted by atomic mass is 10.1. The summed E-state index contributed by atoms with van der Waals surface area (Å²) in [7, 11) is 0. The Bertz CT molecular complexity index is 991. The van der Waals surface area contributed by atoms with Gasteiger partial charge in [-0.25, -0.2) is 9.78 Å². The smallest absolute Gasteiger partial charge is 0.341 e. The van der Waals surface area contributed by atoms with Crippen LogP contribution in [0.2, 0.25) is 0 Å². The van der Waals surface area contributed by atoms with Crippen molar-refractivity contribution in [2.45, 2.75) is 33.3 Å². The number of hydrogen-bond donors (Lipinski definition) is 1. The second kappa shape index (κ2) is 10.2. The molecule has 30 heavy (non-hydrogen) atoms. The van der Waals surface area contributed by atoms with Crippen molar-refractivity contribution in [3.05, 3.63) is 71.1 Å². The third-order valence-corrected chi connectivity index (χ3v) is 4.39. The minimum Gasteiger partial charge on any atom is -0.482 e. The molecule has 7 heteroatoms. The van der Waals surface area contributed by atoms with Crippen molar-refractivity contribution < 1.29 is 23.9 Å². The van der Waals surface area contributed by atoms with Crippen molar-refractivity contribution in [1.82, 2.24) is 4.98 Å². The van der Waals surface area contributed by atoms with Gasteiger partial charge < -0.3 is 19.1 Å². The van der Waals surface area contributed by atoms with E-state index in [1.165, 1.54) is 5.56 Å². The monoisotopic (exact) mass is 408 g/mol. The zero-order valence-corrected chi connectivity index (χ0v) is 17.0. The number of aliphatic carboxylic acids is 1. The van der Waals surface area contributed by atoms with Crippen LogP contribution in [0.4, 0.5) is 0 Å². The Balaban J connectivity index is 1.42. The molecule has 0 saturated heterocycles. The number of aromatic nitrogens is 1. The number of aryl methyl sites for hydroxylation is 3. The first-order valence-electron chi connectivity index (χ1n) is 9.62. The summed E-state index contributed by atoms with van der Waals surface area (Å²) in [5.74, 6) is 0.824. The van der Waals surface area contributed by atoms with Crippen LogP contribution in [0.1, 0.15) is 29.0 Å². The van der Waals surface area contributed by atoms with Gasteiger partial charge in [0, 0.05) is 11.8 Å². The van der Waals surface area contributed by atoms with Crippen LogP contribution >= 0.6 is 0 Å². The molecule has 0 aliphatic heterocycles. The Labute approximate surface area is 175 Å². The Kier molecular flexibility index (Phi) is 7.21. The summed E-state index contributed by atoms with van der Waals surface area (Å²) < 4.78 is 10.8. The average molecular weight is 408 g/mol. The number of ether oxygens (including phenoxy) is 1. The molecule has 0 amide bonds. The second-order valence-corrected chi connectivity index (χ2v) is 6.81. The molecule has 0 aliphatic carbocycles. The van der Waals surface area contributed by atoms with Crippen molar-refractivity contribution in [2.75, 3.05) is 6.61 Å². The first-order chi connectivity index (χ1) is 14.5. The van der Waals surface area contributed by atoms with Crippen LogP contribution in [-0.4, -0.2) is 28.9 Å². The van der Waals surface area contributed by atoms with E-state index in [9.17, 15) is 4.79 Å². The van der Waals surface area contributed by atoms with E-state index in [2.05, 4.69) is 10.1 Å². The fourth-order valence-electron chi connectivity index (χ4n) is 2.71. The van der Waals surface area contributed by atoms with E-state index < -0.39 is 5.97 Å². The van der Waals surface area contributed by atoms with Gasteiger partial charge in [0.2, 0.25) is 5.89 Å². The van der Waals surface area contributed by atoms with E-state index in [1.54, 1.807) is 18.3 Å². The topological polar surface area (TPSA) is 94.2 Å². The zero-order valence-electron chi connectivity index (χ0n) is 17.0. The standard InChI is InChI=1S/C23H24N2O5/c1-16-5-9-19(10-6-16)23-25-21(17(2)30-23)14-29-24-13-3-4-18-7-11-20(12-8-18)28-15-22(26)27/h5-13H,3-4,14-15H2,1-2H3,(H,26,27). The number of carboxylic acids is 1. The molecule has 0 bridgehead atoms. The summed E-state index contributed by atoms with van der Waals surface area (Å²) in [6, 6.07) is 15.3. The van der Waals surface area contributed by atoms with Gasteiger partial charge in [0.1, 0.15) is 17.2 Å². The number of nitrogens with zero attached hydrogens (tertiary/aromatic N) is 2. The number of hydrogen-bond acceptors (Lipinski definition) is 6. The van der Waals surface area contributed by atoms with E-state index in [1.807, 2.05) is 50.2 Å². The highest BCUT2D eigenvalue weighted by atomic mass is 16.6. The molecule has 0 radical (unpaired) electrons. The predicted octanol–water partition coefficient (Wildman–Crippen LogP) is 4.56. The van der Waals surface area contributed by atoms with Crippen LogP contribution in [0.5, 0.6) is 5.75 Å². The fourth-order valence-corrected chi connectivity index (χ4v) is 2.71. The molecule has 3 rings (SSSR count). The molecule has 0 saturated carbocycles. The van der Waals surface area contributed by atoms with Crippen LogP contribution in [0, 0.1) is 13.8 Å². The highest BCUT2D eigenvalue weighted by molar-refractivity contribution is 5.68. The third kappa shape index (κ3) is 6.20. The molecular weight excluding hydrogens is 384 g/mol. The van der Waals surface area contributed by atoms with Crippen LogP contribution in [0.15, 0.2) is 58.1 Å². The van der Waals surface area contributed by atoms with Crippen molar-refractivity contribution >= 4 is 12.2 Å². The minimum atomic E-state index is -0.998. The number of benzene rings is 2. The van der Waals surface area contributed by atoms with E-state index in [0.29, 0.717) is 23.8 Å². The van der Waals surface area contributed by atoms with E-state index in [4.69, 9.17) is 19.1 Å². The van der Waals surface area contributed by atoms with Gasteiger partial charge in [0.05, 0.1) is 0 Å². The maximum atomic E-state index is 10.5. The van der Waals surface area contributed by atoms with E-state index in [-0.39, 0.29) is 13.2 Å². The molecule has 0 aliphatic rings. The summed E-state index contributed by atoms with van der Waals surface area (Å²) in [6.07, 6.45) is 3.21. The molecule has 0 atom stereocenters. The van der Waals surface area contributed by atoms with Gasteiger partial charge in [0.25, 0.3) is 0 Å². The maximum absolute atomic E-state index is 10.5. The predicted molar refractivity (Wildman–Crippen MR) is 113 cm³/mol. The van der Waals surface area contributed by atoms with Crippen molar-refractivity contribution in [2.24, 2.45) is 5.16 Å². The molecule has 0 fully saturated rings. The van der Waals surface area contributed by atoms with Gasteiger partial charge in [-0.3, -0.25) is 0 Å². The number of oxazole rings is 1. The zero-order chi connectivity index (χ0) is 21.3. The number of carbonyl (C=O) groups is 1. The lowest BCUT2D eigenvalue weighted by molar-refractivity contribution is -0.139. The molecule has 0 spiro atoms. The Morgan fingerprint density at radius 3 is 2.57 bits per heavy atom. The van der Waals surface area contributed by atoms with Gasteiger partial charge in [-0.1, -0.05) is 35.0 Å². The highest BCUT2D eigenvalue weighted by Gasteiger charge is 2.11. The van der Waals surface area contributed by atoms with Gasteiger partial charge in [-0.15, -0.1) is 0 Å².